The fourth-order valence-corrected chi connectivity index (χ4v) is 4.81. The van der Waals surface area contributed by atoms with E-state index in [1.54, 1.807) is 17.6 Å². The Labute approximate surface area is 128 Å². The average molecular weight is 393 g/mol. The smallest absolute Gasteiger partial charge is 0.105 e. The van der Waals surface area contributed by atoms with E-state index in [2.05, 4.69) is 50.2 Å². The van der Waals surface area contributed by atoms with E-state index >= 15 is 0 Å². The highest BCUT2D eigenvalue weighted by Crippen LogP contribution is 2.36. The average Bonchev–Trinajstić information content (AvgIpc) is 2.94. The molecule has 0 radical (unpaired) electrons. The van der Waals surface area contributed by atoms with E-state index in [1.165, 1.54) is 9.35 Å². The maximum absolute atomic E-state index is 5.45. The molecule has 2 aromatic rings. The van der Waals surface area contributed by atoms with Gasteiger partial charge in [-0.3, -0.25) is 0 Å². The highest BCUT2D eigenvalue weighted by atomic mass is 79.9. The zero-order valence-electron chi connectivity index (χ0n) is 10.1. The number of thiophene rings is 1. The van der Waals surface area contributed by atoms with Crippen LogP contribution in [0.2, 0.25) is 0 Å². The van der Waals surface area contributed by atoms with Crippen LogP contribution < -0.4 is 5.32 Å². The van der Waals surface area contributed by atoms with E-state index in [9.17, 15) is 0 Å². The Bertz CT molecular complexity index is 481. The lowest BCUT2D eigenvalue weighted by Gasteiger charge is -2.17. The van der Waals surface area contributed by atoms with E-state index in [1.807, 2.05) is 12.1 Å². The van der Waals surface area contributed by atoms with Gasteiger partial charge >= 0.3 is 0 Å². The number of rotatable bonds is 6. The molecule has 0 spiro atoms. The summed E-state index contributed by atoms with van der Waals surface area (Å²) >= 11 is 8.87. The Morgan fingerprint density at radius 1 is 1.44 bits per heavy atom. The first-order chi connectivity index (χ1) is 8.70. The molecule has 2 aromatic heterocycles. The third kappa shape index (κ3) is 3.70. The molecular formula is C13H15Br2NOS. The van der Waals surface area contributed by atoms with Crippen LogP contribution in [0.25, 0.3) is 0 Å². The van der Waals surface area contributed by atoms with Crippen molar-refractivity contribution < 1.29 is 4.42 Å². The van der Waals surface area contributed by atoms with E-state index in [0.717, 1.165) is 28.9 Å². The van der Waals surface area contributed by atoms with Gasteiger partial charge in [-0.05, 0) is 68.6 Å². The summed E-state index contributed by atoms with van der Waals surface area (Å²) < 4.78 is 7.77. The van der Waals surface area contributed by atoms with Crippen LogP contribution in [0.4, 0.5) is 0 Å². The lowest BCUT2D eigenvalue weighted by atomic mass is 10.1. The van der Waals surface area contributed by atoms with E-state index in [0.29, 0.717) is 0 Å². The first-order valence-corrected chi connectivity index (χ1v) is 8.31. The lowest BCUT2D eigenvalue weighted by molar-refractivity contribution is 0.449. The summed E-state index contributed by atoms with van der Waals surface area (Å²) in [7, 11) is 0. The van der Waals surface area contributed by atoms with Crippen molar-refractivity contribution in [2.75, 3.05) is 6.54 Å². The second kappa shape index (κ2) is 6.89. The Balaban J connectivity index is 2.16. The lowest BCUT2D eigenvalue weighted by Crippen LogP contribution is -2.23. The van der Waals surface area contributed by atoms with Crippen LogP contribution in [0.5, 0.6) is 0 Å². The van der Waals surface area contributed by atoms with Crippen LogP contribution in [-0.4, -0.2) is 6.54 Å². The first-order valence-electron chi connectivity index (χ1n) is 5.91. The van der Waals surface area contributed by atoms with Crippen LogP contribution in [0.1, 0.15) is 30.7 Å². The number of hydrogen-bond donors (Lipinski definition) is 1. The molecule has 0 aromatic carbocycles. The Hall–Kier alpha value is -0.100. The largest absolute Gasteiger partial charge is 0.469 e. The summed E-state index contributed by atoms with van der Waals surface area (Å²) in [4.78, 5) is 0. The van der Waals surface area contributed by atoms with Crippen LogP contribution in [0.3, 0.4) is 0 Å². The molecule has 98 valence electrons. The van der Waals surface area contributed by atoms with Crippen molar-refractivity contribution >= 4 is 43.2 Å². The Kier molecular flexibility index (Phi) is 5.48. The molecular weight excluding hydrogens is 378 g/mol. The Morgan fingerprint density at radius 3 is 2.83 bits per heavy atom. The molecule has 2 nitrogen and oxygen atoms in total. The minimum atomic E-state index is 0.285. The summed E-state index contributed by atoms with van der Waals surface area (Å²) in [6.45, 7) is 3.18. The van der Waals surface area contributed by atoms with Gasteiger partial charge in [0.1, 0.15) is 5.76 Å². The summed E-state index contributed by atoms with van der Waals surface area (Å²) in [5.41, 5.74) is 1.29. The molecule has 1 unspecified atom stereocenters. The highest BCUT2D eigenvalue weighted by molar-refractivity contribution is 9.12. The fraction of sp³-hybridized carbons (Fsp3) is 0.385. The van der Waals surface area contributed by atoms with Crippen molar-refractivity contribution in [3.05, 3.63) is 43.4 Å². The van der Waals surface area contributed by atoms with Gasteiger partial charge in [0.05, 0.1) is 13.8 Å². The highest BCUT2D eigenvalue weighted by Gasteiger charge is 2.18. The molecule has 0 saturated heterocycles. The summed E-state index contributed by atoms with van der Waals surface area (Å²) in [6.07, 6.45) is 3.72. The standard InChI is InChI=1S/C13H15Br2NOS/c1-2-5-16-11(7-9-4-3-6-17-9)10-8-12(14)18-13(10)15/h3-4,6,8,11,16H,2,5,7H2,1H3. The van der Waals surface area contributed by atoms with E-state index in [4.69, 9.17) is 4.42 Å². The molecule has 0 aliphatic carbocycles. The number of furan rings is 1. The third-order valence-corrected chi connectivity index (χ3v) is 5.07. The zero-order chi connectivity index (χ0) is 13.0. The maximum atomic E-state index is 5.45. The molecule has 5 heteroatoms. The van der Waals surface area contributed by atoms with Gasteiger partial charge in [-0.25, -0.2) is 0 Å². The molecule has 1 atom stereocenters. The molecule has 2 rings (SSSR count). The molecule has 0 saturated carbocycles. The molecule has 2 heterocycles. The predicted molar refractivity (Wildman–Crippen MR) is 83.2 cm³/mol. The second-order valence-corrected chi connectivity index (χ2v) is 7.82. The molecule has 0 fully saturated rings. The molecule has 0 aliphatic heterocycles. The van der Waals surface area contributed by atoms with Gasteiger partial charge in [-0.15, -0.1) is 11.3 Å². The number of hydrogen-bond acceptors (Lipinski definition) is 3. The summed E-state index contributed by atoms with van der Waals surface area (Å²) in [5.74, 6) is 1.01. The van der Waals surface area contributed by atoms with Gasteiger partial charge in [-0.2, -0.15) is 0 Å². The molecule has 18 heavy (non-hydrogen) atoms. The van der Waals surface area contributed by atoms with Gasteiger partial charge in [0.2, 0.25) is 0 Å². The van der Waals surface area contributed by atoms with Crippen molar-refractivity contribution in [2.45, 2.75) is 25.8 Å². The van der Waals surface area contributed by atoms with Crippen LogP contribution in [0, 0.1) is 0 Å². The molecule has 0 bridgehead atoms. The van der Waals surface area contributed by atoms with Crippen LogP contribution >= 0.6 is 43.2 Å². The minimum Gasteiger partial charge on any atom is -0.469 e. The molecule has 0 aliphatic rings. The topological polar surface area (TPSA) is 25.2 Å². The quantitative estimate of drug-likeness (QED) is 0.735. The third-order valence-electron chi connectivity index (χ3n) is 2.68. The number of halogens is 2. The van der Waals surface area contributed by atoms with Crippen LogP contribution in [-0.2, 0) is 6.42 Å². The Morgan fingerprint density at radius 2 is 2.28 bits per heavy atom. The second-order valence-electron chi connectivity index (χ2n) is 4.07. The summed E-state index contributed by atoms with van der Waals surface area (Å²) in [5, 5.41) is 3.57. The minimum absolute atomic E-state index is 0.285. The van der Waals surface area contributed by atoms with Crippen molar-refractivity contribution in [1.82, 2.24) is 5.32 Å². The van der Waals surface area contributed by atoms with Crippen molar-refractivity contribution in [2.24, 2.45) is 0 Å². The van der Waals surface area contributed by atoms with Gasteiger partial charge < -0.3 is 9.73 Å². The van der Waals surface area contributed by atoms with E-state index < -0.39 is 0 Å². The monoisotopic (exact) mass is 391 g/mol. The summed E-state index contributed by atoms with van der Waals surface area (Å²) in [6, 6.07) is 6.42. The molecule has 0 amide bonds. The van der Waals surface area contributed by atoms with Gasteiger partial charge in [0.15, 0.2) is 0 Å². The van der Waals surface area contributed by atoms with Gasteiger partial charge in [0.25, 0.3) is 0 Å². The van der Waals surface area contributed by atoms with Crippen LogP contribution in [0.15, 0.2) is 36.5 Å². The predicted octanol–water partition coefficient (Wildman–Crippen LogP) is 5.15. The number of nitrogens with one attached hydrogen (secondary N) is 1. The maximum Gasteiger partial charge on any atom is 0.105 e. The zero-order valence-corrected chi connectivity index (χ0v) is 14.1. The first kappa shape index (κ1) is 14.3. The van der Waals surface area contributed by atoms with Gasteiger partial charge in [0, 0.05) is 12.5 Å². The van der Waals surface area contributed by atoms with Crippen molar-refractivity contribution in [3.8, 4) is 0 Å². The van der Waals surface area contributed by atoms with E-state index in [-0.39, 0.29) is 6.04 Å². The normalized spacial score (nSPS) is 12.8. The van der Waals surface area contributed by atoms with Crippen molar-refractivity contribution in [1.29, 1.82) is 0 Å². The van der Waals surface area contributed by atoms with Crippen molar-refractivity contribution in [3.63, 3.8) is 0 Å². The van der Waals surface area contributed by atoms with Gasteiger partial charge in [-0.1, -0.05) is 6.92 Å². The SMILES string of the molecule is CCCNC(Cc1ccco1)c1cc(Br)sc1Br. The fourth-order valence-electron chi connectivity index (χ4n) is 1.83. The molecule has 1 N–H and O–H groups in total.